The number of benzene rings is 1. The first-order chi connectivity index (χ1) is 7.02. The van der Waals surface area contributed by atoms with E-state index in [9.17, 15) is 9.59 Å². The Kier molecular flexibility index (Phi) is 4.12. The molecule has 0 spiro atoms. The average Bonchev–Trinajstić information content (AvgIpc) is 2.18. The van der Waals surface area contributed by atoms with Crippen LogP contribution in [-0.4, -0.2) is 18.4 Å². The van der Waals surface area contributed by atoms with Gasteiger partial charge in [0.05, 0.1) is 10.0 Å². The van der Waals surface area contributed by atoms with Crippen molar-refractivity contribution >= 4 is 35.0 Å². The fourth-order valence-corrected chi connectivity index (χ4v) is 1.37. The lowest BCUT2D eigenvalue weighted by Gasteiger charge is -2.04. The van der Waals surface area contributed by atoms with Crippen molar-refractivity contribution < 1.29 is 14.3 Å². The van der Waals surface area contributed by atoms with Crippen LogP contribution in [0.1, 0.15) is 17.3 Å². The smallest absolute Gasteiger partial charge is 0.303 e. The minimum absolute atomic E-state index is 0.177. The van der Waals surface area contributed by atoms with Crippen LogP contribution in [0.15, 0.2) is 18.2 Å². The Labute approximate surface area is 96.9 Å². The summed E-state index contributed by atoms with van der Waals surface area (Å²) in [4.78, 5) is 22.0. The zero-order valence-electron chi connectivity index (χ0n) is 7.92. The van der Waals surface area contributed by atoms with Gasteiger partial charge in [0.2, 0.25) is 5.78 Å². The zero-order chi connectivity index (χ0) is 11.4. The highest BCUT2D eigenvalue weighted by molar-refractivity contribution is 6.43. The van der Waals surface area contributed by atoms with Crippen molar-refractivity contribution in [2.24, 2.45) is 0 Å². The van der Waals surface area contributed by atoms with Crippen LogP contribution in [0, 0.1) is 0 Å². The fraction of sp³-hybridized carbons (Fsp3) is 0.200. The normalized spacial score (nSPS) is 9.80. The van der Waals surface area contributed by atoms with Crippen LogP contribution in [0.3, 0.4) is 0 Å². The number of halogens is 2. The zero-order valence-corrected chi connectivity index (χ0v) is 9.43. The van der Waals surface area contributed by atoms with E-state index in [1.807, 2.05) is 0 Å². The maximum absolute atomic E-state index is 11.5. The number of ether oxygens (including phenoxy) is 1. The Bertz CT molecular complexity index is 402. The molecule has 0 radical (unpaired) electrons. The van der Waals surface area contributed by atoms with Gasteiger partial charge in [-0.25, -0.2) is 0 Å². The second-order valence-corrected chi connectivity index (χ2v) is 3.59. The molecule has 0 aliphatic rings. The van der Waals surface area contributed by atoms with Gasteiger partial charge in [0, 0.05) is 12.5 Å². The summed E-state index contributed by atoms with van der Waals surface area (Å²) in [7, 11) is 0. The maximum atomic E-state index is 11.5. The maximum Gasteiger partial charge on any atom is 0.303 e. The molecule has 0 aliphatic heterocycles. The van der Waals surface area contributed by atoms with Gasteiger partial charge in [-0.15, -0.1) is 0 Å². The second kappa shape index (κ2) is 5.14. The predicted molar refractivity (Wildman–Crippen MR) is 57.4 cm³/mol. The Balaban J connectivity index is 2.82. The van der Waals surface area contributed by atoms with Crippen LogP contribution in [0.2, 0.25) is 10.0 Å². The first-order valence-electron chi connectivity index (χ1n) is 4.13. The average molecular weight is 247 g/mol. The Hall–Kier alpha value is -1.06. The summed E-state index contributed by atoms with van der Waals surface area (Å²) >= 11 is 11.5. The Morgan fingerprint density at radius 1 is 1.33 bits per heavy atom. The highest BCUT2D eigenvalue weighted by Gasteiger charge is 2.13. The molecule has 0 unspecified atom stereocenters. The van der Waals surface area contributed by atoms with Crippen LogP contribution < -0.4 is 0 Å². The largest absolute Gasteiger partial charge is 0.457 e. The van der Waals surface area contributed by atoms with E-state index in [1.54, 1.807) is 12.1 Å². The molecular weight excluding hydrogens is 239 g/mol. The van der Waals surface area contributed by atoms with Gasteiger partial charge in [0.1, 0.15) is 0 Å². The molecule has 0 aromatic heterocycles. The summed E-state index contributed by atoms with van der Waals surface area (Å²) in [5.74, 6) is -0.890. The number of hydrogen-bond donors (Lipinski definition) is 0. The summed E-state index contributed by atoms with van der Waals surface area (Å²) in [6.07, 6.45) is 0. The fourth-order valence-electron chi connectivity index (χ4n) is 0.964. The SMILES string of the molecule is CC(=O)OCC(=O)c1cccc(Cl)c1Cl. The van der Waals surface area contributed by atoms with E-state index in [-0.39, 0.29) is 23.0 Å². The summed E-state index contributed by atoms with van der Waals surface area (Å²) in [5.41, 5.74) is 0.255. The summed E-state index contributed by atoms with van der Waals surface area (Å²) in [5, 5.41) is 0.474. The molecule has 1 rings (SSSR count). The molecule has 15 heavy (non-hydrogen) atoms. The van der Waals surface area contributed by atoms with E-state index >= 15 is 0 Å². The van der Waals surface area contributed by atoms with Crippen molar-refractivity contribution in [3.05, 3.63) is 33.8 Å². The van der Waals surface area contributed by atoms with Crippen LogP contribution in [0.25, 0.3) is 0 Å². The van der Waals surface area contributed by atoms with Crippen molar-refractivity contribution in [1.29, 1.82) is 0 Å². The number of rotatable bonds is 3. The van der Waals surface area contributed by atoms with Crippen LogP contribution >= 0.6 is 23.2 Å². The lowest BCUT2D eigenvalue weighted by Crippen LogP contribution is -2.12. The molecule has 0 atom stereocenters. The first-order valence-corrected chi connectivity index (χ1v) is 4.88. The van der Waals surface area contributed by atoms with E-state index in [4.69, 9.17) is 23.2 Å². The van der Waals surface area contributed by atoms with E-state index in [1.165, 1.54) is 13.0 Å². The molecule has 0 saturated carbocycles. The highest BCUT2D eigenvalue weighted by atomic mass is 35.5. The third-order valence-electron chi connectivity index (χ3n) is 1.66. The van der Waals surface area contributed by atoms with Crippen molar-refractivity contribution in [1.82, 2.24) is 0 Å². The van der Waals surface area contributed by atoms with Crippen molar-refractivity contribution in [2.45, 2.75) is 6.92 Å². The number of ketones is 1. The van der Waals surface area contributed by atoms with E-state index in [0.717, 1.165) is 0 Å². The van der Waals surface area contributed by atoms with Crippen LogP contribution in [-0.2, 0) is 9.53 Å². The predicted octanol–water partition coefficient (Wildman–Crippen LogP) is 2.74. The lowest BCUT2D eigenvalue weighted by molar-refractivity contribution is -0.139. The van der Waals surface area contributed by atoms with Crippen molar-refractivity contribution in [3.63, 3.8) is 0 Å². The number of Topliss-reactive ketones (excluding diaryl/α,β-unsaturated/α-hetero) is 1. The molecular formula is C10H8Cl2O3. The molecule has 5 heteroatoms. The van der Waals surface area contributed by atoms with Crippen molar-refractivity contribution in [2.75, 3.05) is 6.61 Å². The van der Waals surface area contributed by atoms with Gasteiger partial charge < -0.3 is 4.74 Å². The van der Waals surface area contributed by atoms with Gasteiger partial charge >= 0.3 is 5.97 Å². The standard InChI is InChI=1S/C10H8Cl2O3/c1-6(13)15-5-9(14)7-3-2-4-8(11)10(7)12/h2-4H,5H2,1H3. The molecule has 0 fully saturated rings. The highest BCUT2D eigenvalue weighted by Crippen LogP contribution is 2.25. The topological polar surface area (TPSA) is 43.4 Å². The molecule has 0 heterocycles. The van der Waals surface area contributed by atoms with E-state index in [0.29, 0.717) is 5.02 Å². The lowest BCUT2D eigenvalue weighted by atomic mass is 10.1. The number of carbonyl (C=O) groups excluding carboxylic acids is 2. The Morgan fingerprint density at radius 2 is 2.00 bits per heavy atom. The molecule has 0 saturated heterocycles. The minimum Gasteiger partial charge on any atom is -0.457 e. The van der Waals surface area contributed by atoms with Gasteiger partial charge in [-0.1, -0.05) is 29.3 Å². The summed E-state index contributed by atoms with van der Waals surface area (Å²) in [6, 6.07) is 4.71. The molecule has 0 aliphatic carbocycles. The molecule has 3 nitrogen and oxygen atoms in total. The van der Waals surface area contributed by atoms with Gasteiger partial charge in [0.25, 0.3) is 0 Å². The van der Waals surface area contributed by atoms with Crippen LogP contribution in [0.5, 0.6) is 0 Å². The third kappa shape index (κ3) is 3.22. The van der Waals surface area contributed by atoms with Gasteiger partial charge in [0.15, 0.2) is 6.61 Å². The molecule has 0 bridgehead atoms. The number of hydrogen-bond acceptors (Lipinski definition) is 3. The third-order valence-corrected chi connectivity index (χ3v) is 2.48. The molecule has 1 aromatic rings. The molecule has 80 valence electrons. The van der Waals surface area contributed by atoms with E-state index < -0.39 is 5.97 Å². The quantitative estimate of drug-likeness (QED) is 0.609. The molecule has 1 aromatic carbocycles. The van der Waals surface area contributed by atoms with Gasteiger partial charge in [-0.05, 0) is 12.1 Å². The Morgan fingerprint density at radius 3 is 2.60 bits per heavy atom. The summed E-state index contributed by atoms with van der Waals surface area (Å²) < 4.78 is 4.56. The van der Waals surface area contributed by atoms with Gasteiger partial charge in [-0.3, -0.25) is 9.59 Å². The monoisotopic (exact) mass is 246 g/mol. The minimum atomic E-state index is -0.512. The molecule has 0 amide bonds. The number of carbonyl (C=O) groups is 2. The summed E-state index contributed by atoms with van der Waals surface area (Å²) in [6.45, 7) is 0.905. The molecule has 0 N–H and O–H groups in total. The second-order valence-electron chi connectivity index (χ2n) is 2.80. The van der Waals surface area contributed by atoms with Crippen molar-refractivity contribution in [3.8, 4) is 0 Å². The van der Waals surface area contributed by atoms with Crippen LogP contribution in [0.4, 0.5) is 0 Å². The number of esters is 1. The van der Waals surface area contributed by atoms with Gasteiger partial charge in [-0.2, -0.15) is 0 Å². The first kappa shape index (κ1) is 12.0. The van der Waals surface area contributed by atoms with E-state index in [2.05, 4.69) is 4.74 Å².